The molecule has 0 bridgehead atoms. The summed E-state index contributed by atoms with van der Waals surface area (Å²) in [5.74, 6) is 1.48. The lowest BCUT2D eigenvalue weighted by Crippen LogP contribution is -2.31. The summed E-state index contributed by atoms with van der Waals surface area (Å²) < 4.78 is 0. The summed E-state index contributed by atoms with van der Waals surface area (Å²) in [4.78, 5) is 7.07. The van der Waals surface area contributed by atoms with Crippen molar-refractivity contribution < 1.29 is 0 Å². The number of piperidine rings is 1. The third-order valence-corrected chi connectivity index (χ3v) is 4.23. The molecule has 0 amide bonds. The van der Waals surface area contributed by atoms with Crippen molar-refractivity contribution >= 4 is 5.95 Å². The summed E-state index contributed by atoms with van der Waals surface area (Å²) in [5.41, 5.74) is 1.17. The highest BCUT2D eigenvalue weighted by molar-refractivity contribution is 5.29. The Bertz CT molecular complexity index is 348. The van der Waals surface area contributed by atoms with E-state index in [9.17, 15) is 0 Å². The van der Waals surface area contributed by atoms with Crippen LogP contribution in [-0.4, -0.2) is 28.3 Å². The molecule has 98 valence electrons. The van der Waals surface area contributed by atoms with Gasteiger partial charge in [0.25, 0.3) is 0 Å². The Balaban J connectivity index is 1.75. The van der Waals surface area contributed by atoms with Crippen LogP contribution in [0.25, 0.3) is 0 Å². The van der Waals surface area contributed by atoms with Crippen molar-refractivity contribution in [3.8, 4) is 0 Å². The van der Waals surface area contributed by atoms with E-state index in [0.29, 0.717) is 5.92 Å². The highest BCUT2D eigenvalue weighted by atomic mass is 15.3. The number of anilines is 1. The first-order valence-electron chi connectivity index (χ1n) is 7.38. The van der Waals surface area contributed by atoms with Gasteiger partial charge in [-0.1, -0.05) is 19.3 Å². The zero-order valence-electron chi connectivity index (χ0n) is 11.0. The Morgan fingerprint density at radius 1 is 0.944 bits per heavy atom. The van der Waals surface area contributed by atoms with E-state index in [1.807, 2.05) is 6.20 Å². The quantitative estimate of drug-likeness (QED) is 0.804. The summed E-state index contributed by atoms with van der Waals surface area (Å²) in [6, 6.07) is 0. The monoisotopic (exact) mass is 246 g/mol. The standard InChI is InChI=1S/C14H22N4/c1-3-7-12(8-4-1)13-11-15-17-14(16-13)18-9-5-2-6-10-18/h11-12H,1-10H2. The van der Waals surface area contributed by atoms with E-state index in [4.69, 9.17) is 4.98 Å². The molecule has 2 aliphatic rings. The van der Waals surface area contributed by atoms with Gasteiger partial charge >= 0.3 is 0 Å². The SMILES string of the molecule is c1nnc(N2CCCCC2)nc1C1CCCCC1. The minimum absolute atomic E-state index is 0.623. The normalized spacial score (nSPS) is 22.1. The highest BCUT2D eigenvalue weighted by Gasteiger charge is 2.20. The third-order valence-electron chi connectivity index (χ3n) is 4.23. The van der Waals surface area contributed by atoms with E-state index in [1.54, 1.807) is 0 Å². The van der Waals surface area contributed by atoms with Crippen molar-refractivity contribution in [3.05, 3.63) is 11.9 Å². The van der Waals surface area contributed by atoms with Crippen molar-refractivity contribution in [1.82, 2.24) is 15.2 Å². The van der Waals surface area contributed by atoms with E-state index >= 15 is 0 Å². The number of hydrogen-bond acceptors (Lipinski definition) is 4. The molecule has 2 fully saturated rings. The van der Waals surface area contributed by atoms with E-state index in [0.717, 1.165) is 19.0 Å². The molecule has 3 rings (SSSR count). The lowest BCUT2D eigenvalue weighted by atomic mass is 9.87. The maximum Gasteiger partial charge on any atom is 0.245 e. The molecule has 4 nitrogen and oxygen atoms in total. The summed E-state index contributed by atoms with van der Waals surface area (Å²) in [6.07, 6.45) is 12.4. The van der Waals surface area contributed by atoms with Crippen molar-refractivity contribution in [2.24, 2.45) is 0 Å². The summed E-state index contributed by atoms with van der Waals surface area (Å²) in [6.45, 7) is 2.19. The average Bonchev–Trinajstić information content (AvgIpc) is 2.49. The first kappa shape index (κ1) is 11.9. The van der Waals surface area contributed by atoms with Gasteiger partial charge in [0.05, 0.1) is 11.9 Å². The van der Waals surface area contributed by atoms with Crippen LogP contribution < -0.4 is 4.90 Å². The second-order valence-corrected chi connectivity index (χ2v) is 5.56. The number of nitrogens with zero attached hydrogens (tertiary/aromatic N) is 4. The topological polar surface area (TPSA) is 41.9 Å². The lowest BCUT2D eigenvalue weighted by Gasteiger charge is -2.27. The van der Waals surface area contributed by atoms with Crippen LogP contribution in [0.5, 0.6) is 0 Å². The van der Waals surface area contributed by atoms with Crippen LogP contribution in [0.2, 0.25) is 0 Å². The van der Waals surface area contributed by atoms with Crippen LogP contribution in [0.4, 0.5) is 5.95 Å². The molecule has 0 N–H and O–H groups in total. The van der Waals surface area contributed by atoms with Crippen molar-refractivity contribution in [2.75, 3.05) is 18.0 Å². The molecule has 1 saturated carbocycles. The zero-order valence-corrected chi connectivity index (χ0v) is 11.0. The molecule has 0 atom stereocenters. The molecule has 1 aliphatic carbocycles. The summed E-state index contributed by atoms with van der Waals surface area (Å²) in [7, 11) is 0. The maximum absolute atomic E-state index is 4.77. The van der Waals surface area contributed by atoms with Gasteiger partial charge in [0.15, 0.2) is 0 Å². The van der Waals surface area contributed by atoms with Gasteiger partial charge in [-0.25, -0.2) is 4.98 Å². The molecule has 4 heteroatoms. The van der Waals surface area contributed by atoms with Crippen LogP contribution in [0.3, 0.4) is 0 Å². The molecule has 18 heavy (non-hydrogen) atoms. The summed E-state index contributed by atoms with van der Waals surface area (Å²) >= 11 is 0. The molecule has 1 aliphatic heterocycles. The van der Waals surface area contributed by atoms with E-state index in [-0.39, 0.29) is 0 Å². The molecule has 0 unspecified atom stereocenters. The molecule has 1 saturated heterocycles. The van der Waals surface area contributed by atoms with Crippen molar-refractivity contribution in [1.29, 1.82) is 0 Å². The third kappa shape index (κ3) is 2.62. The lowest BCUT2D eigenvalue weighted by molar-refractivity contribution is 0.434. The van der Waals surface area contributed by atoms with Crippen molar-refractivity contribution in [2.45, 2.75) is 57.3 Å². The van der Waals surface area contributed by atoms with E-state index in [1.165, 1.54) is 57.1 Å². The summed E-state index contributed by atoms with van der Waals surface area (Å²) in [5, 5.41) is 8.40. The van der Waals surface area contributed by atoms with Gasteiger partial charge in [0.1, 0.15) is 0 Å². The van der Waals surface area contributed by atoms with Crippen LogP contribution in [0.15, 0.2) is 6.20 Å². The largest absolute Gasteiger partial charge is 0.340 e. The van der Waals surface area contributed by atoms with E-state index < -0.39 is 0 Å². The van der Waals surface area contributed by atoms with Gasteiger partial charge in [0, 0.05) is 19.0 Å². The Kier molecular flexibility index (Phi) is 3.72. The van der Waals surface area contributed by atoms with Crippen LogP contribution in [0, 0.1) is 0 Å². The number of hydrogen-bond donors (Lipinski definition) is 0. The van der Waals surface area contributed by atoms with E-state index in [2.05, 4.69) is 15.1 Å². The highest BCUT2D eigenvalue weighted by Crippen LogP contribution is 2.31. The van der Waals surface area contributed by atoms with Gasteiger partial charge in [-0.05, 0) is 32.1 Å². The molecular formula is C14H22N4. The van der Waals surface area contributed by atoms with Crippen LogP contribution in [-0.2, 0) is 0 Å². The van der Waals surface area contributed by atoms with Gasteiger partial charge < -0.3 is 4.90 Å². The molecule has 1 aromatic rings. The molecular weight excluding hydrogens is 224 g/mol. The molecule has 0 spiro atoms. The predicted molar refractivity (Wildman–Crippen MR) is 71.7 cm³/mol. The minimum atomic E-state index is 0.623. The Labute approximate surface area is 109 Å². The molecule has 0 aromatic carbocycles. The fourth-order valence-corrected chi connectivity index (χ4v) is 3.13. The van der Waals surface area contributed by atoms with Crippen LogP contribution in [0.1, 0.15) is 63.0 Å². The van der Waals surface area contributed by atoms with Crippen molar-refractivity contribution in [3.63, 3.8) is 0 Å². The first-order valence-corrected chi connectivity index (χ1v) is 7.38. The fourth-order valence-electron chi connectivity index (χ4n) is 3.13. The predicted octanol–water partition coefficient (Wildman–Crippen LogP) is 2.91. The van der Waals surface area contributed by atoms with Gasteiger partial charge in [-0.2, -0.15) is 5.10 Å². The Morgan fingerprint density at radius 3 is 2.44 bits per heavy atom. The average molecular weight is 246 g/mol. The minimum Gasteiger partial charge on any atom is -0.340 e. The number of aromatic nitrogens is 3. The Morgan fingerprint density at radius 2 is 1.67 bits per heavy atom. The van der Waals surface area contributed by atoms with Crippen LogP contribution >= 0.6 is 0 Å². The second-order valence-electron chi connectivity index (χ2n) is 5.56. The van der Waals surface area contributed by atoms with Gasteiger partial charge in [-0.3, -0.25) is 0 Å². The first-order chi connectivity index (χ1) is 8.93. The fraction of sp³-hybridized carbons (Fsp3) is 0.786. The number of rotatable bonds is 2. The second kappa shape index (κ2) is 5.63. The smallest absolute Gasteiger partial charge is 0.245 e. The van der Waals surface area contributed by atoms with Gasteiger partial charge in [-0.15, -0.1) is 5.10 Å². The Hall–Kier alpha value is -1.19. The molecule has 2 heterocycles. The molecule has 1 aromatic heterocycles. The maximum atomic E-state index is 4.77. The zero-order chi connectivity index (χ0) is 12.2. The van der Waals surface area contributed by atoms with Gasteiger partial charge in [0.2, 0.25) is 5.95 Å². The molecule has 0 radical (unpaired) electrons.